The van der Waals surface area contributed by atoms with Crippen LogP contribution in [0.1, 0.15) is 41.5 Å². The van der Waals surface area contributed by atoms with E-state index in [1.807, 2.05) is 24.3 Å². The first-order valence-corrected chi connectivity index (χ1v) is 11.4. The van der Waals surface area contributed by atoms with Gasteiger partial charge in [-0.2, -0.15) is 0 Å². The van der Waals surface area contributed by atoms with Gasteiger partial charge in [-0.1, -0.05) is 47.6 Å². The van der Waals surface area contributed by atoms with Crippen molar-refractivity contribution < 1.29 is 14.0 Å². The molecule has 0 atom stereocenters. The molecule has 0 aliphatic carbocycles. The van der Waals surface area contributed by atoms with E-state index in [4.69, 9.17) is 31.0 Å². The van der Waals surface area contributed by atoms with Crippen LogP contribution in [0.4, 0.5) is 0 Å². The molecule has 0 radical (unpaired) electrons. The van der Waals surface area contributed by atoms with Crippen molar-refractivity contribution in [2.24, 2.45) is 4.74 Å². The van der Waals surface area contributed by atoms with Crippen molar-refractivity contribution in [1.29, 1.82) is 0 Å². The lowest BCUT2D eigenvalue weighted by Crippen LogP contribution is -2.40. The van der Waals surface area contributed by atoms with Gasteiger partial charge >= 0.3 is 0 Å². The Morgan fingerprint density at radius 2 is 1.63 bits per heavy atom. The number of thiocarbonyl (C=S) groups is 1. The molecular formula is C20H33N2O3PS. The van der Waals surface area contributed by atoms with Crippen LogP contribution in [0, 0.1) is 0 Å². The predicted molar refractivity (Wildman–Crippen MR) is 117 cm³/mol. The van der Waals surface area contributed by atoms with Crippen LogP contribution < -0.4 is 9.26 Å². The van der Waals surface area contributed by atoms with Crippen molar-refractivity contribution in [2.75, 3.05) is 33.4 Å². The minimum absolute atomic E-state index is 0.190. The highest BCUT2D eigenvalue weighted by Gasteiger charge is 2.47. The number of rotatable bonds is 3. The van der Waals surface area contributed by atoms with Gasteiger partial charge in [0.05, 0.1) is 20.3 Å². The van der Waals surface area contributed by atoms with Crippen LogP contribution in [0.25, 0.3) is 0 Å². The molecule has 0 unspecified atom stereocenters. The van der Waals surface area contributed by atoms with E-state index in [0.29, 0.717) is 18.3 Å². The second-order valence-corrected chi connectivity index (χ2v) is 13.3. The molecule has 0 bridgehead atoms. The van der Waals surface area contributed by atoms with E-state index < -0.39 is 7.28 Å². The van der Waals surface area contributed by atoms with E-state index in [-0.39, 0.29) is 10.3 Å². The van der Waals surface area contributed by atoms with E-state index in [1.54, 1.807) is 7.11 Å². The normalized spacial score (nSPS) is 16.0. The maximum atomic E-state index is 6.75. The van der Waals surface area contributed by atoms with Gasteiger partial charge in [-0.05, 0) is 24.4 Å². The first-order valence-electron chi connectivity index (χ1n) is 9.33. The van der Waals surface area contributed by atoms with Crippen LogP contribution in [-0.4, -0.2) is 53.7 Å². The summed E-state index contributed by atoms with van der Waals surface area (Å²) < 4.78 is 22.8. The number of methoxy groups -OCH3 is 1. The molecule has 27 heavy (non-hydrogen) atoms. The quantitative estimate of drug-likeness (QED) is 0.491. The molecular weight excluding hydrogens is 379 g/mol. The lowest BCUT2D eigenvalue weighted by Gasteiger charge is -2.45. The van der Waals surface area contributed by atoms with E-state index in [9.17, 15) is 0 Å². The molecule has 0 saturated carbocycles. The fraction of sp³-hybridized carbons (Fsp3) is 0.650. The molecule has 1 fully saturated rings. The third-order valence-corrected chi connectivity index (χ3v) is 9.67. The average Bonchev–Trinajstić information content (AvgIpc) is 2.60. The van der Waals surface area contributed by atoms with Crippen molar-refractivity contribution in [3.63, 3.8) is 0 Å². The maximum absolute atomic E-state index is 6.75. The molecule has 1 aliphatic heterocycles. The minimum atomic E-state index is -2.39. The summed E-state index contributed by atoms with van der Waals surface area (Å²) in [5.41, 5.74) is 0. The Morgan fingerprint density at radius 3 is 2.15 bits per heavy atom. The Morgan fingerprint density at radius 1 is 1.07 bits per heavy atom. The smallest absolute Gasteiger partial charge is 0.197 e. The average molecular weight is 413 g/mol. The summed E-state index contributed by atoms with van der Waals surface area (Å²) in [6, 6.07) is 7.73. The third kappa shape index (κ3) is 5.04. The second kappa shape index (κ2) is 8.50. The standard InChI is InChI=1S/C20H33N2O3PS/c1-19(2,3)26(20(4,5)6,21-18(27)22-11-13-24-14-12-22)25-17-10-8-9-16(15-17)23-7/h8-10,15H,11-14H2,1-7H3. The van der Waals surface area contributed by atoms with Gasteiger partial charge in [0.2, 0.25) is 0 Å². The van der Waals surface area contributed by atoms with Gasteiger partial charge in [-0.15, -0.1) is 0 Å². The molecule has 5 nitrogen and oxygen atoms in total. The van der Waals surface area contributed by atoms with E-state index in [1.165, 1.54) is 0 Å². The predicted octanol–water partition coefficient (Wildman–Crippen LogP) is 5.40. The van der Waals surface area contributed by atoms with E-state index >= 15 is 0 Å². The molecule has 0 amide bonds. The summed E-state index contributed by atoms with van der Waals surface area (Å²) in [4.78, 5) is 2.12. The number of hydrogen-bond donors (Lipinski definition) is 0. The Balaban J connectivity index is 2.55. The molecule has 1 saturated heterocycles. The van der Waals surface area contributed by atoms with Crippen molar-refractivity contribution >= 4 is 24.6 Å². The van der Waals surface area contributed by atoms with Crippen LogP contribution >= 0.6 is 19.5 Å². The lowest BCUT2D eigenvalue weighted by molar-refractivity contribution is 0.0686. The molecule has 1 aromatic carbocycles. The summed E-state index contributed by atoms with van der Waals surface area (Å²) in [5.74, 6) is 1.53. The largest absolute Gasteiger partial charge is 0.497 e. The minimum Gasteiger partial charge on any atom is -0.497 e. The summed E-state index contributed by atoms with van der Waals surface area (Å²) >= 11 is 5.75. The highest BCUT2D eigenvalue weighted by molar-refractivity contribution is 7.81. The van der Waals surface area contributed by atoms with E-state index in [2.05, 4.69) is 46.4 Å². The molecule has 7 heteroatoms. The zero-order valence-electron chi connectivity index (χ0n) is 17.6. The first kappa shape index (κ1) is 22.2. The fourth-order valence-electron chi connectivity index (χ4n) is 3.35. The Labute approximate surface area is 169 Å². The number of benzene rings is 1. The fourth-order valence-corrected chi connectivity index (χ4v) is 7.86. The Bertz CT molecular complexity index is 699. The van der Waals surface area contributed by atoms with E-state index in [0.717, 1.165) is 24.6 Å². The van der Waals surface area contributed by atoms with Crippen LogP contribution in [0.15, 0.2) is 29.0 Å². The lowest BCUT2D eigenvalue weighted by atomic mass is 10.2. The van der Waals surface area contributed by atoms with Gasteiger partial charge < -0.3 is 18.9 Å². The van der Waals surface area contributed by atoms with Gasteiger partial charge in [0.15, 0.2) is 12.4 Å². The molecule has 2 rings (SSSR count). The highest BCUT2D eigenvalue weighted by atomic mass is 32.1. The topological polar surface area (TPSA) is 43.3 Å². The highest BCUT2D eigenvalue weighted by Crippen LogP contribution is 2.69. The number of ether oxygens (including phenoxy) is 2. The third-order valence-electron chi connectivity index (χ3n) is 4.61. The Kier molecular flexibility index (Phi) is 6.99. The van der Waals surface area contributed by atoms with Crippen molar-refractivity contribution in [2.45, 2.75) is 51.9 Å². The van der Waals surface area contributed by atoms with Crippen LogP contribution in [0.5, 0.6) is 11.5 Å². The van der Waals surface area contributed by atoms with Gasteiger partial charge in [-0.25, -0.2) is 4.74 Å². The summed E-state index contributed by atoms with van der Waals surface area (Å²) in [7, 11) is -0.733. The number of hydrogen-bond acceptors (Lipinski definition) is 4. The molecule has 152 valence electrons. The van der Waals surface area contributed by atoms with Gasteiger partial charge in [0.25, 0.3) is 0 Å². The van der Waals surface area contributed by atoms with Gasteiger partial charge in [-0.3, -0.25) is 0 Å². The molecule has 0 spiro atoms. The van der Waals surface area contributed by atoms with Crippen molar-refractivity contribution in [3.8, 4) is 11.5 Å². The zero-order valence-corrected chi connectivity index (χ0v) is 19.3. The zero-order chi connectivity index (χ0) is 20.3. The molecule has 1 aliphatic rings. The van der Waals surface area contributed by atoms with Crippen molar-refractivity contribution in [1.82, 2.24) is 4.90 Å². The maximum Gasteiger partial charge on any atom is 0.197 e. The number of nitrogens with zero attached hydrogens (tertiary/aromatic N) is 2. The summed E-state index contributed by atoms with van der Waals surface area (Å²) in [6.45, 7) is 16.1. The van der Waals surface area contributed by atoms with Gasteiger partial charge in [0, 0.05) is 29.5 Å². The first-order chi connectivity index (χ1) is 12.5. The Hall–Kier alpha value is -1.10. The molecule has 0 aromatic heterocycles. The van der Waals surface area contributed by atoms with Gasteiger partial charge in [0.1, 0.15) is 11.5 Å². The summed E-state index contributed by atoms with van der Waals surface area (Å²) in [5, 5.41) is 0.245. The molecule has 1 aromatic rings. The van der Waals surface area contributed by atoms with Crippen LogP contribution in [-0.2, 0) is 4.74 Å². The monoisotopic (exact) mass is 412 g/mol. The van der Waals surface area contributed by atoms with Crippen molar-refractivity contribution in [3.05, 3.63) is 24.3 Å². The SMILES string of the molecule is COc1cccc(OP(=NC(=S)N2CCOCC2)(C(C)(C)C)C(C)(C)C)c1. The summed E-state index contributed by atoms with van der Waals surface area (Å²) in [6.07, 6.45) is 0. The van der Waals surface area contributed by atoms with Crippen LogP contribution in [0.2, 0.25) is 0 Å². The van der Waals surface area contributed by atoms with Crippen LogP contribution in [0.3, 0.4) is 0 Å². The molecule has 1 heterocycles. The second-order valence-electron chi connectivity index (χ2n) is 8.67. The molecule has 0 N–H and O–H groups in total. The number of morpholine rings is 1.